The zero-order valence-corrected chi connectivity index (χ0v) is 14.2. The molecule has 0 bridgehead atoms. The predicted octanol–water partition coefficient (Wildman–Crippen LogP) is 2.85. The fourth-order valence-electron chi connectivity index (χ4n) is 4.62. The summed E-state index contributed by atoms with van der Waals surface area (Å²) in [4.78, 5) is 15.8. The molecule has 1 aliphatic carbocycles. The van der Waals surface area contributed by atoms with Crippen molar-refractivity contribution in [2.45, 2.75) is 25.0 Å². The van der Waals surface area contributed by atoms with Gasteiger partial charge in [0.1, 0.15) is 0 Å². The van der Waals surface area contributed by atoms with Gasteiger partial charge in [0.25, 0.3) is 0 Å². The number of aliphatic hydroxyl groups excluding tert-OH is 1. The van der Waals surface area contributed by atoms with Crippen molar-refractivity contribution in [1.29, 1.82) is 0 Å². The molecule has 0 unspecified atom stereocenters. The van der Waals surface area contributed by atoms with Crippen LogP contribution in [0.5, 0.6) is 0 Å². The van der Waals surface area contributed by atoms with Gasteiger partial charge in [-0.15, -0.1) is 0 Å². The Kier molecular flexibility index (Phi) is 3.27. The molecule has 26 heavy (non-hydrogen) atoms. The summed E-state index contributed by atoms with van der Waals surface area (Å²) in [5.74, 6) is -0.379. The van der Waals surface area contributed by atoms with Crippen LogP contribution >= 0.6 is 0 Å². The fourth-order valence-corrected chi connectivity index (χ4v) is 4.62. The van der Waals surface area contributed by atoms with E-state index in [9.17, 15) is 9.90 Å². The first-order valence-corrected chi connectivity index (χ1v) is 8.87. The average molecular weight is 345 g/mol. The van der Waals surface area contributed by atoms with Crippen molar-refractivity contribution in [3.63, 3.8) is 0 Å². The molecule has 130 valence electrons. The van der Waals surface area contributed by atoms with E-state index in [1.807, 2.05) is 36.8 Å². The van der Waals surface area contributed by atoms with Crippen LogP contribution in [-0.2, 0) is 6.42 Å². The van der Waals surface area contributed by atoms with Gasteiger partial charge >= 0.3 is 0 Å². The highest BCUT2D eigenvalue weighted by Gasteiger charge is 2.40. The Morgan fingerprint density at radius 3 is 2.88 bits per heavy atom. The monoisotopic (exact) mass is 345 g/mol. The number of nitrogens with two attached hydrogens (primary N) is 1. The van der Waals surface area contributed by atoms with Crippen molar-refractivity contribution >= 4 is 5.91 Å². The standard InChI is InChI=1S/C21H19N3O2/c22-21(26)13-6-7-14-12(9-13)5-8-17(20(14)25)19-16-4-2-1-3-15(16)18-10-23-11-24(18)19/h1-4,6-7,9-11,17,19-20,25H,5,8H2,(H2,22,26)/t17-,19+,20-/m0/s1. The molecule has 3 aromatic rings. The Bertz CT molecular complexity index is 1020. The van der Waals surface area contributed by atoms with Gasteiger partial charge in [-0.05, 0) is 41.7 Å². The second kappa shape index (κ2) is 5.54. The summed E-state index contributed by atoms with van der Waals surface area (Å²) < 4.78 is 2.18. The van der Waals surface area contributed by atoms with Crippen LogP contribution in [0.3, 0.4) is 0 Å². The highest BCUT2D eigenvalue weighted by Crippen LogP contribution is 2.49. The smallest absolute Gasteiger partial charge is 0.248 e. The molecule has 1 aliphatic heterocycles. The van der Waals surface area contributed by atoms with E-state index in [4.69, 9.17) is 5.73 Å². The van der Waals surface area contributed by atoms with Crippen molar-refractivity contribution in [2.75, 3.05) is 0 Å². The van der Waals surface area contributed by atoms with E-state index in [2.05, 4.69) is 21.7 Å². The van der Waals surface area contributed by atoms with Crippen LogP contribution in [0.15, 0.2) is 55.0 Å². The van der Waals surface area contributed by atoms with Gasteiger partial charge in [-0.3, -0.25) is 4.79 Å². The van der Waals surface area contributed by atoms with Crippen LogP contribution in [-0.4, -0.2) is 20.6 Å². The molecule has 2 aliphatic rings. The van der Waals surface area contributed by atoms with Gasteiger partial charge in [-0.25, -0.2) is 4.98 Å². The maximum atomic E-state index is 11.4. The Hall–Kier alpha value is -2.92. The van der Waals surface area contributed by atoms with E-state index < -0.39 is 12.0 Å². The summed E-state index contributed by atoms with van der Waals surface area (Å²) in [5, 5.41) is 11.1. The second-order valence-corrected chi connectivity index (χ2v) is 7.14. The van der Waals surface area contributed by atoms with Gasteiger partial charge in [-0.1, -0.05) is 30.3 Å². The minimum Gasteiger partial charge on any atom is -0.388 e. The van der Waals surface area contributed by atoms with Crippen LogP contribution in [0.2, 0.25) is 0 Å². The van der Waals surface area contributed by atoms with Gasteiger partial charge in [-0.2, -0.15) is 0 Å². The molecule has 3 atom stereocenters. The molecule has 1 aromatic heterocycles. The van der Waals surface area contributed by atoms with Gasteiger partial charge < -0.3 is 15.4 Å². The summed E-state index contributed by atoms with van der Waals surface area (Å²) >= 11 is 0. The number of aromatic nitrogens is 2. The number of rotatable bonds is 2. The molecule has 0 fully saturated rings. The number of hydrogen-bond acceptors (Lipinski definition) is 3. The number of nitrogens with zero attached hydrogens (tertiary/aromatic N) is 2. The zero-order chi connectivity index (χ0) is 17.8. The first kappa shape index (κ1) is 15.3. The molecule has 0 spiro atoms. The van der Waals surface area contributed by atoms with Crippen LogP contribution < -0.4 is 5.73 Å². The first-order chi connectivity index (χ1) is 12.6. The Morgan fingerprint density at radius 1 is 1.19 bits per heavy atom. The number of aryl methyl sites for hydroxylation is 1. The summed E-state index contributed by atoms with van der Waals surface area (Å²) in [6.07, 6.45) is 4.82. The minimum atomic E-state index is -0.591. The number of aliphatic hydroxyl groups is 1. The van der Waals surface area contributed by atoms with Crippen molar-refractivity contribution in [2.24, 2.45) is 11.7 Å². The average Bonchev–Trinajstić information content (AvgIpc) is 3.23. The molecule has 1 amide bonds. The number of hydrogen-bond donors (Lipinski definition) is 2. The number of amides is 1. The SMILES string of the molecule is NC(=O)c1ccc2c(c1)CC[C@@H]([C@H]1c3ccccc3-c3cncn31)[C@H]2O. The highest BCUT2D eigenvalue weighted by molar-refractivity contribution is 5.93. The molecule has 3 N–H and O–H groups in total. The van der Waals surface area contributed by atoms with Crippen LogP contribution in [0.1, 0.15) is 45.6 Å². The Labute approximate surface area is 151 Å². The van der Waals surface area contributed by atoms with E-state index in [-0.39, 0.29) is 12.0 Å². The lowest BCUT2D eigenvalue weighted by atomic mass is 9.75. The maximum absolute atomic E-state index is 11.4. The summed E-state index contributed by atoms with van der Waals surface area (Å²) in [6.45, 7) is 0. The quantitative estimate of drug-likeness (QED) is 0.749. The van der Waals surface area contributed by atoms with Gasteiger partial charge in [0.15, 0.2) is 0 Å². The molecule has 2 aromatic carbocycles. The highest BCUT2D eigenvalue weighted by atomic mass is 16.3. The number of carbonyl (C=O) groups is 1. The third-order valence-corrected chi connectivity index (χ3v) is 5.83. The molecule has 5 rings (SSSR count). The van der Waals surface area contributed by atoms with Crippen molar-refractivity contribution in [1.82, 2.24) is 9.55 Å². The Balaban J connectivity index is 1.57. The third kappa shape index (κ3) is 2.07. The number of imidazole rings is 1. The molecule has 0 radical (unpaired) electrons. The molecular formula is C21H19N3O2. The van der Waals surface area contributed by atoms with Gasteiger partial charge in [0.05, 0.1) is 30.4 Å². The van der Waals surface area contributed by atoms with Crippen LogP contribution in [0.4, 0.5) is 0 Å². The normalized spacial score (nSPS) is 23.2. The number of carbonyl (C=O) groups excluding carboxylic acids is 1. The van der Waals surface area contributed by atoms with Crippen molar-refractivity contribution in [3.8, 4) is 11.3 Å². The molecule has 2 heterocycles. The molecular weight excluding hydrogens is 326 g/mol. The fraction of sp³-hybridized carbons (Fsp3) is 0.238. The summed E-state index contributed by atoms with van der Waals surface area (Å²) in [6, 6.07) is 13.8. The van der Waals surface area contributed by atoms with E-state index in [1.165, 1.54) is 11.1 Å². The van der Waals surface area contributed by atoms with Crippen LogP contribution in [0.25, 0.3) is 11.3 Å². The lowest BCUT2D eigenvalue weighted by molar-refractivity contribution is 0.0719. The van der Waals surface area contributed by atoms with E-state index in [0.717, 1.165) is 29.7 Å². The lowest BCUT2D eigenvalue weighted by Crippen LogP contribution is -2.29. The topological polar surface area (TPSA) is 81.1 Å². The summed E-state index contributed by atoms with van der Waals surface area (Å²) in [5.41, 5.74) is 11.3. The minimum absolute atomic E-state index is 0.0542. The van der Waals surface area contributed by atoms with Gasteiger partial charge in [0, 0.05) is 17.0 Å². The molecule has 0 saturated heterocycles. The summed E-state index contributed by atoms with van der Waals surface area (Å²) in [7, 11) is 0. The zero-order valence-electron chi connectivity index (χ0n) is 14.2. The largest absolute Gasteiger partial charge is 0.388 e. The van der Waals surface area contributed by atoms with E-state index in [1.54, 1.807) is 6.07 Å². The van der Waals surface area contributed by atoms with Crippen LogP contribution in [0, 0.1) is 5.92 Å². The molecule has 5 heteroatoms. The van der Waals surface area contributed by atoms with E-state index >= 15 is 0 Å². The number of primary amides is 1. The third-order valence-electron chi connectivity index (χ3n) is 5.83. The number of benzene rings is 2. The molecule has 0 saturated carbocycles. The Morgan fingerprint density at radius 2 is 2.04 bits per heavy atom. The van der Waals surface area contributed by atoms with Crippen molar-refractivity contribution in [3.05, 3.63) is 77.2 Å². The first-order valence-electron chi connectivity index (χ1n) is 8.87. The van der Waals surface area contributed by atoms with Gasteiger partial charge in [0.2, 0.25) is 5.91 Å². The second-order valence-electron chi connectivity index (χ2n) is 7.14. The lowest BCUT2D eigenvalue weighted by Gasteiger charge is -2.35. The maximum Gasteiger partial charge on any atom is 0.248 e. The van der Waals surface area contributed by atoms with Crippen molar-refractivity contribution < 1.29 is 9.90 Å². The predicted molar refractivity (Wildman–Crippen MR) is 97.5 cm³/mol. The molecule has 5 nitrogen and oxygen atoms in total. The number of fused-ring (bicyclic) bond motifs is 4. The van der Waals surface area contributed by atoms with E-state index in [0.29, 0.717) is 5.56 Å².